The molecular weight excluding hydrogens is 615 g/mol. The Morgan fingerprint density at radius 3 is 2.23 bits per heavy atom. The molecule has 0 spiro atoms. The van der Waals surface area contributed by atoms with Crippen LogP contribution >= 0.6 is 0 Å². The second-order valence-electron chi connectivity index (χ2n) is 8.90. The van der Waals surface area contributed by atoms with Gasteiger partial charge in [-0.3, -0.25) is 4.79 Å². The average Bonchev–Trinajstić information content (AvgIpc) is 3.50. The molecule has 0 saturated heterocycles. The molecule has 2 aromatic heterocycles. The van der Waals surface area contributed by atoms with Gasteiger partial charge in [-0.1, -0.05) is 42.1 Å². The van der Waals surface area contributed by atoms with E-state index >= 15 is 0 Å². The van der Waals surface area contributed by atoms with Gasteiger partial charge in [0.1, 0.15) is 0 Å². The van der Waals surface area contributed by atoms with E-state index in [1.54, 1.807) is 0 Å². The van der Waals surface area contributed by atoms with Crippen molar-refractivity contribution in [3.63, 3.8) is 0 Å². The number of carbonyl (C=O) groups is 1. The van der Waals surface area contributed by atoms with Crippen molar-refractivity contribution < 1.29 is 30.0 Å². The van der Waals surface area contributed by atoms with E-state index in [0.29, 0.717) is 6.04 Å². The maximum Gasteiger partial charge on any atom is 0.155 e. The van der Waals surface area contributed by atoms with Crippen LogP contribution in [0.4, 0.5) is 5.69 Å². The van der Waals surface area contributed by atoms with Crippen LogP contribution in [0.3, 0.4) is 0 Å². The number of para-hydroxylation sites is 2. The summed E-state index contributed by atoms with van der Waals surface area (Å²) in [5, 5.41) is 13.6. The van der Waals surface area contributed by atoms with E-state index in [2.05, 4.69) is 102 Å². The molecule has 0 aliphatic carbocycles. The topological polar surface area (TPSA) is 48.2 Å². The molecule has 6 rings (SSSR count). The van der Waals surface area contributed by atoms with Gasteiger partial charge < -0.3 is 19.3 Å². The quantitative estimate of drug-likeness (QED) is 0.134. The molecule has 1 N–H and O–H groups in total. The second kappa shape index (κ2) is 9.73. The number of nitrogens with zero attached hydrogens (tertiary/aromatic N) is 3. The standard InChI is InChI=1S/C24H19N3.C5H8O2.Ir/c1-16(2)25-13-14-26(15-25)22-12-6-10-20-19-9-5-8-18-17-7-3-4-11-21(17)27(23(18)19)24(20)22;1-4(6)3-5(2)7;/h3-11,13-16H,1-2H3;3,6H,1-2H3;/q-2;;/b;4-3-;. The van der Waals surface area contributed by atoms with Crippen molar-refractivity contribution in [2.75, 3.05) is 4.90 Å². The zero-order valence-electron chi connectivity index (χ0n) is 20.1. The Balaban J connectivity index is 0.000000320. The Hall–Kier alpha value is -3.34. The SMILES string of the molecule is CC(=O)/C=C(/C)O.CC(C)N1C=CN(c2[c-]ccc3c4cccc5c6ccccc6n(c23)c54)[CH-]1.[Ir]. The largest absolute Gasteiger partial charge is 0.512 e. The number of hydrogen-bond acceptors (Lipinski definition) is 4. The summed E-state index contributed by atoms with van der Waals surface area (Å²) in [6.07, 6.45) is 5.42. The Labute approximate surface area is 218 Å². The molecule has 35 heavy (non-hydrogen) atoms. The van der Waals surface area contributed by atoms with Gasteiger partial charge in [-0.15, -0.1) is 5.39 Å². The van der Waals surface area contributed by atoms with E-state index in [1.807, 2.05) is 6.07 Å². The van der Waals surface area contributed by atoms with Gasteiger partial charge in [0.2, 0.25) is 0 Å². The first-order valence-electron chi connectivity index (χ1n) is 11.4. The molecule has 0 unspecified atom stereocenters. The van der Waals surface area contributed by atoms with Crippen LogP contribution in [0, 0.1) is 12.7 Å². The molecule has 6 heteroatoms. The normalized spacial score (nSPS) is 13.8. The van der Waals surface area contributed by atoms with Gasteiger partial charge in [0.05, 0.1) is 5.76 Å². The maximum atomic E-state index is 10.0. The van der Waals surface area contributed by atoms with Crippen molar-refractivity contribution >= 4 is 49.6 Å². The van der Waals surface area contributed by atoms with Gasteiger partial charge in [0.15, 0.2) is 5.78 Å². The van der Waals surface area contributed by atoms with Gasteiger partial charge >= 0.3 is 0 Å². The molecule has 181 valence electrons. The molecular formula is C29H27IrN3O2-2. The molecule has 0 atom stereocenters. The zero-order chi connectivity index (χ0) is 24.0. The van der Waals surface area contributed by atoms with Crippen molar-refractivity contribution in [3.05, 3.63) is 91.6 Å². The summed E-state index contributed by atoms with van der Waals surface area (Å²) in [7, 11) is 0. The third-order valence-electron chi connectivity index (χ3n) is 6.08. The second-order valence-corrected chi connectivity index (χ2v) is 8.90. The van der Waals surface area contributed by atoms with E-state index in [0.717, 1.165) is 5.69 Å². The van der Waals surface area contributed by atoms with Crippen LogP contribution in [-0.2, 0) is 24.9 Å². The molecule has 1 aliphatic heterocycles. The smallest absolute Gasteiger partial charge is 0.155 e. The Bertz CT molecular complexity index is 1580. The van der Waals surface area contributed by atoms with Gasteiger partial charge in [-0.25, -0.2) is 0 Å². The zero-order valence-corrected chi connectivity index (χ0v) is 22.5. The fraction of sp³-hybridized carbons (Fsp3) is 0.172. The Morgan fingerprint density at radius 2 is 1.60 bits per heavy atom. The molecule has 1 radical (unpaired) electrons. The fourth-order valence-corrected chi connectivity index (χ4v) is 4.69. The maximum absolute atomic E-state index is 10.0. The first-order chi connectivity index (χ1) is 16.4. The van der Waals surface area contributed by atoms with Crippen LogP contribution in [0.1, 0.15) is 27.7 Å². The molecule has 0 amide bonds. The van der Waals surface area contributed by atoms with E-state index in [4.69, 9.17) is 5.11 Å². The van der Waals surface area contributed by atoms with Gasteiger partial charge in [0, 0.05) is 48.0 Å². The van der Waals surface area contributed by atoms with Gasteiger partial charge in [-0.2, -0.15) is 24.9 Å². The van der Waals surface area contributed by atoms with Gasteiger partial charge in [-0.05, 0) is 63.1 Å². The average molecular weight is 642 g/mol. The number of aliphatic hydroxyl groups is 1. The molecule has 5 aromatic rings. The summed E-state index contributed by atoms with van der Waals surface area (Å²) >= 11 is 0. The first kappa shape index (κ1) is 24.8. The fourth-order valence-electron chi connectivity index (χ4n) is 4.69. The summed E-state index contributed by atoms with van der Waals surface area (Å²) in [4.78, 5) is 14.4. The Morgan fingerprint density at radius 1 is 0.943 bits per heavy atom. The molecule has 3 heterocycles. The molecule has 5 nitrogen and oxygen atoms in total. The molecule has 3 aromatic carbocycles. The van der Waals surface area contributed by atoms with Crippen molar-refractivity contribution in [1.82, 2.24) is 9.30 Å². The summed E-state index contributed by atoms with van der Waals surface area (Å²) < 4.78 is 2.42. The third kappa shape index (κ3) is 4.29. The van der Waals surface area contributed by atoms with Gasteiger partial charge in [0.25, 0.3) is 0 Å². The van der Waals surface area contributed by atoms with Crippen LogP contribution in [0.2, 0.25) is 0 Å². The number of benzene rings is 3. The van der Waals surface area contributed by atoms with E-state index < -0.39 is 0 Å². The van der Waals surface area contributed by atoms with Crippen LogP contribution in [0.5, 0.6) is 0 Å². The van der Waals surface area contributed by atoms with E-state index in [9.17, 15) is 4.79 Å². The van der Waals surface area contributed by atoms with Crippen molar-refractivity contribution in [2.45, 2.75) is 33.7 Å². The molecule has 0 saturated carbocycles. The van der Waals surface area contributed by atoms with Crippen LogP contribution < -0.4 is 4.90 Å². The first-order valence-corrected chi connectivity index (χ1v) is 11.4. The number of allylic oxidation sites excluding steroid dienone is 2. The predicted molar refractivity (Wildman–Crippen MR) is 140 cm³/mol. The number of rotatable bonds is 3. The van der Waals surface area contributed by atoms with Crippen molar-refractivity contribution in [3.8, 4) is 0 Å². The predicted octanol–water partition coefficient (Wildman–Crippen LogP) is 6.79. The van der Waals surface area contributed by atoms with Crippen LogP contribution in [0.15, 0.2) is 78.8 Å². The van der Waals surface area contributed by atoms with E-state index in [-0.39, 0.29) is 31.6 Å². The number of hydrogen-bond donors (Lipinski definition) is 1. The number of fused-ring (bicyclic) bond motifs is 6. The third-order valence-corrected chi connectivity index (χ3v) is 6.08. The van der Waals surface area contributed by atoms with Crippen molar-refractivity contribution in [1.29, 1.82) is 0 Å². The molecule has 0 bridgehead atoms. The Kier molecular flexibility index (Phi) is 6.88. The van der Waals surface area contributed by atoms with E-state index in [1.165, 1.54) is 58.0 Å². The van der Waals surface area contributed by atoms with Crippen LogP contribution in [-0.4, -0.2) is 26.2 Å². The number of aliphatic hydroxyl groups excluding tert-OH is 1. The minimum atomic E-state index is -0.125. The minimum absolute atomic E-state index is 0. The molecule has 0 fully saturated rings. The minimum Gasteiger partial charge on any atom is -0.512 e. The number of aromatic nitrogens is 1. The number of carbonyl (C=O) groups excluding carboxylic acids is 1. The number of ketones is 1. The molecule has 1 aliphatic rings. The summed E-state index contributed by atoms with van der Waals surface area (Å²) in [6.45, 7) is 9.40. The summed E-state index contributed by atoms with van der Waals surface area (Å²) in [5.41, 5.74) is 4.86. The van der Waals surface area contributed by atoms with Crippen LogP contribution in [0.25, 0.3) is 38.1 Å². The monoisotopic (exact) mass is 642 g/mol. The number of anilines is 1. The summed E-state index contributed by atoms with van der Waals surface area (Å²) in [5.74, 6) is -0.0625. The summed E-state index contributed by atoms with van der Waals surface area (Å²) in [6, 6.07) is 23.5. The van der Waals surface area contributed by atoms with Crippen molar-refractivity contribution in [2.24, 2.45) is 0 Å².